The predicted octanol–water partition coefficient (Wildman–Crippen LogP) is 2.55. The number of nitrogens with one attached hydrogen (secondary N) is 1. The fourth-order valence-corrected chi connectivity index (χ4v) is 2.97. The Bertz CT molecular complexity index is 265. The molecule has 4 atom stereocenters. The highest BCUT2D eigenvalue weighted by atomic mass is 16.1. The third kappa shape index (κ3) is 4.27. The normalized spacial score (nSPS) is 30.2. The third-order valence-electron chi connectivity index (χ3n) is 4.45. The summed E-state index contributed by atoms with van der Waals surface area (Å²) in [5.41, 5.74) is 5.73. The zero-order valence-corrected chi connectivity index (χ0v) is 12.4. The Kier molecular flexibility index (Phi) is 6.13. The van der Waals surface area contributed by atoms with Crippen LogP contribution in [-0.4, -0.2) is 18.5 Å². The van der Waals surface area contributed by atoms with Crippen molar-refractivity contribution in [3.8, 4) is 0 Å². The van der Waals surface area contributed by atoms with Crippen molar-refractivity contribution in [2.45, 2.75) is 59.4 Å². The maximum absolute atomic E-state index is 12.2. The van der Waals surface area contributed by atoms with Crippen LogP contribution >= 0.6 is 0 Å². The molecule has 0 saturated heterocycles. The summed E-state index contributed by atoms with van der Waals surface area (Å²) in [6, 6.07) is 0.350. The van der Waals surface area contributed by atoms with Crippen LogP contribution in [0.2, 0.25) is 0 Å². The van der Waals surface area contributed by atoms with Crippen LogP contribution in [0.5, 0.6) is 0 Å². The minimum Gasteiger partial charge on any atom is -0.353 e. The Morgan fingerprint density at radius 1 is 1.33 bits per heavy atom. The van der Waals surface area contributed by atoms with Gasteiger partial charge in [-0.2, -0.15) is 0 Å². The van der Waals surface area contributed by atoms with Crippen LogP contribution in [-0.2, 0) is 4.79 Å². The molecule has 0 radical (unpaired) electrons. The lowest BCUT2D eigenvalue weighted by Crippen LogP contribution is -2.47. The fraction of sp³-hybridized carbons (Fsp3) is 0.933. The van der Waals surface area contributed by atoms with Crippen molar-refractivity contribution in [1.82, 2.24) is 5.32 Å². The molecule has 0 aromatic rings. The SMILES string of the molecule is CC(C)CC(CN)C(=O)NC1CCCC(C)C1C. The van der Waals surface area contributed by atoms with Crippen molar-refractivity contribution in [2.75, 3.05) is 6.54 Å². The molecule has 3 heteroatoms. The number of nitrogens with two attached hydrogens (primary N) is 1. The molecule has 1 aliphatic carbocycles. The van der Waals surface area contributed by atoms with Crippen molar-refractivity contribution in [3.05, 3.63) is 0 Å². The zero-order chi connectivity index (χ0) is 13.7. The van der Waals surface area contributed by atoms with E-state index in [9.17, 15) is 4.79 Å². The molecule has 3 nitrogen and oxygen atoms in total. The molecule has 1 rings (SSSR count). The van der Waals surface area contributed by atoms with Crippen LogP contribution in [0.1, 0.15) is 53.4 Å². The number of rotatable bonds is 5. The predicted molar refractivity (Wildman–Crippen MR) is 76.1 cm³/mol. The summed E-state index contributed by atoms with van der Waals surface area (Å²) in [6.45, 7) is 9.29. The number of carbonyl (C=O) groups is 1. The quantitative estimate of drug-likeness (QED) is 0.792. The Labute approximate surface area is 112 Å². The highest BCUT2D eigenvalue weighted by molar-refractivity contribution is 5.79. The maximum atomic E-state index is 12.2. The van der Waals surface area contributed by atoms with Gasteiger partial charge < -0.3 is 11.1 Å². The first-order chi connectivity index (χ1) is 8.45. The van der Waals surface area contributed by atoms with Crippen molar-refractivity contribution < 1.29 is 4.79 Å². The van der Waals surface area contributed by atoms with Crippen LogP contribution in [0.25, 0.3) is 0 Å². The molecule has 106 valence electrons. The van der Waals surface area contributed by atoms with Crippen LogP contribution in [0.4, 0.5) is 0 Å². The second-order valence-corrected chi connectivity index (χ2v) is 6.44. The minimum absolute atomic E-state index is 0.0190. The molecular formula is C15H30N2O. The van der Waals surface area contributed by atoms with Gasteiger partial charge in [0, 0.05) is 12.6 Å². The van der Waals surface area contributed by atoms with Gasteiger partial charge in [0.1, 0.15) is 0 Å². The second-order valence-electron chi connectivity index (χ2n) is 6.44. The summed E-state index contributed by atoms with van der Waals surface area (Å²) in [5, 5.41) is 3.24. The van der Waals surface area contributed by atoms with Gasteiger partial charge in [0.2, 0.25) is 5.91 Å². The van der Waals surface area contributed by atoms with E-state index in [1.54, 1.807) is 0 Å². The molecule has 0 aliphatic heterocycles. The molecule has 4 unspecified atom stereocenters. The first-order valence-corrected chi connectivity index (χ1v) is 7.46. The summed E-state index contributed by atoms with van der Waals surface area (Å²) in [6.07, 6.45) is 4.53. The van der Waals surface area contributed by atoms with E-state index in [4.69, 9.17) is 5.73 Å². The van der Waals surface area contributed by atoms with Crippen molar-refractivity contribution >= 4 is 5.91 Å². The average molecular weight is 254 g/mol. The molecule has 0 aromatic carbocycles. The zero-order valence-electron chi connectivity index (χ0n) is 12.4. The summed E-state index contributed by atoms with van der Waals surface area (Å²) in [4.78, 5) is 12.2. The summed E-state index contributed by atoms with van der Waals surface area (Å²) in [7, 11) is 0. The van der Waals surface area contributed by atoms with Gasteiger partial charge in [-0.05, 0) is 30.6 Å². The van der Waals surface area contributed by atoms with Crippen LogP contribution in [0, 0.1) is 23.7 Å². The Hall–Kier alpha value is -0.570. The van der Waals surface area contributed by atoms with Gasteiger partial charge in [0.15, 0.2) is 0 Å². The van der Waals surface area contributed by atoms with Crippen LogP contribution in [0.3, 0.4) is 0 Å². The lowest BCUT2D eigenvalue weighted by Gasteiger charge is -2.35. The molecule has 1 saturated carbocycles. The van der Waals surface area contributed by atoms with E-state index in [0.717, 1.165) is 12.8 Å². The Morgan fingerprint density at radius 2 is 2.00 bits per heavy atom. The van der Waals surface area contributed by atoms with Crippen molar-refractivity contribution in [3.63, 3.8) is 0 Å². The number of carbonyl (C=O) groups excluding carboxylic acids is 1. The van der Waals surface area contributed by atoms with Crippen LogP contribution < -0.4 is 11.1 Å². The summed E-state index contributed by atoms with van der Waals surface area (Å²) in [5.74, 6) is 1.96. The number of amides is 1. The lowest BCUT2D eigenvalue weighted by molar-refractivity contribution is -0.126. The smallest absolute Gasteiger partial charge is 0.224 e. The van der Waals surface area contributed by atoms with Crippen molar-refractivity contribution in [1.29, 1.82) is 0 Å². The van der Waals surface area contributed by atoms with E-state index in [0.29, 0.717) is 30.3 Å². The van der Waals surface area contributed by atoms with E-state index in [2.05, 4.69) is 33.0 Å². The lowest BCUT2D eigenvalue weighted by atomic mass is 9.78. The van der Waals surface area contributed by atoms with Gasteiger partial charge in [-0.25, -0.2) is 0 Å². The Morgan fingerprint density at radius 3 is 2.56 bits per heavy atom. The molecule has 1 amide bonds. The summed E-state index contributed by atoms with van der Waals surface area (Å²) < 4.78 is 0. The molecule has 3 N–H and O–H groups in total. The molecule has 18 heavy (non-hydrogen) atoms. The fourth-order valence-electron chi connectivity index (χ4n) is 2.97. The largest absolute Gasteiger partial charge is 0.353 e. The highest BCUT2D eigenvalue weighted by Crippen LogP contribution is 2.29. The van der Waals surface area contributed by atoms with Crippen LogP contribution in [0.15, 0.2) is 0 Å². The topological polar surface area (TPSA) is 55.1 Å². The number of hydrogen-bond donors (Lipinski definition) is 2. The molecule has 0 aromatic heterocycles. The van der Waals surface area contributed by atoms with E-state index in [1.807, 2.05) is 0 Å². The Balaban J connectivity index is 2.51. The molecular weight excluding hydrogens is 224 g/mol. The van der Waals surface area contributed by atoms with Gasteiger partial charge in [-0.3, -0.25) is 4.79 Å². The van der Waals surface area contributed by atoms with Gasteiger partial charge in [0.05, 0.1) is 5.92 Å². The molecule has 0 bridgehead atoms. The summed E-state index contributed by atoms with van der Waals surface area (Å²) >= 11 is 0. The molecule has 1 fully saturated rings. The van der Waals surface area contributed by atoms with E-state index >= 15 is 0 Å². The first kappa shape index (κ1) is 15.5. The van der Waals surface area contributed by atoms with Gasteiger partial charge in [0.25, 0.3) is 0 Å². The highest BCUT2D eigenvalue weighted by Gasteiger charge is 2.29. The van der Waals surface area contributed by atoms with E-state index in [-0.39, 0.29) is 11.8 Å². The minimum atomic E-state index is -0.0190. The second kappa shape index (κ2) is 7.13. The van der Waals surface area contributed by atoms with E-state index < -0.39 is 0 Å². The maximum Gasteiger partial charge on any atom is 0.224 e. The standard InChI is InChI=1S/C15H30N2O/c1-10(2)8-13(9-16)15(18)17-14-7-5-6-11(3)12(14)4/h10-14H,5-9,16H2,1-4H3,(H,17,18). The average Bonchev–Trinajstić information content (AvgIpc) is 2.31. The van der Waals surface area contributed by atoms with Gasteiger partial charge in [-0.15, -0.1) is 0 Å². The van der Waals surface area contributed by atoms with E-state index in [1.165, 1.54) is 12.8 Å². The number of hydrogen-bond acceptors (Lipinski definition) is 2. The van der Waals surface area contributed by atoms with Gasteiger partial charge in [-0.1, -0.05) is 40.5 Å². The first-order valence-electron chi connectivity index (χ1n) is 7.46. The third-order valence-corrected chi connectivity index (χ3v) is 4.45. The molecule has 0 spiro atoms. The molecule has 0 heterocycles. The monoisotopic (exact) mass is 254 g/mol. The molecule has 1 aliphatic rings. The van der Waals surface area contributed by atoms with Crippen molar-refractivity contribution in [2.24, 2.45) is 29.4 Å². The van der Waals surface area contributed by atoms with Gasteiger partial charge >= 0.3 is 0 Å².